The highest BCUT2D eigenvalue weighted by molar-refractivity contribution is 6.30. The van der Waals surface area contributed by atoms with Gasteiger partial charge in [0.15, 0.2) is 29.8 Å². The second kappa shape index (κ2) is 7.79. The Labute approximate surface area is 144 Å². The summed E-state index contributed by atoms with van der Waals surface area (Å²) < 4.78 is 66.1. The maximum absolute atomic E-state index is 13.5. The molecule has 1 amide bonds. The minimum atomic E-state index is -2.28. The molecule has 25 heavy (non-hydrogen) atoms. The standard InChI is InChI=1S/C16H12ClF5N2O/c1-7(8-2-4-9(17)5-3-8)23-6-10(25)24-16-14(21)12(19)11(18)13(20)15(16)22/h2-5,7,23H,6H2,1H3,(H,24,25)/p+1/t7-/m0/s1. The molecule has 2 aromatic rings. The van der Waals surface area contributed by atoms with Crippen molar-refractivity contribution in [1.82, 2.24) is 0 Å². The van der Waals surface area contributed by atoms with Crippen LogP contribution in [0.25, 0.3) is 0 Å². The lowest BCUT2D eigenvalue weighted by Crippen LogP contribution is -2.86. The molecule has 2 aromatic carbocycles. The average molecular weight is 380 g/mol. The zero-order valence-electron chi connectivity index (χ0n) is 12.8. The van der Waals surface area contributed by atoms with Gasteiger partial charge in [-0.3, -0.25) is 4.79 Å². The monoisotopic (exact) mass is 379 g/mol. The van der Waals surface area contributed by atoms with Crippen molar-refractivity contribution in [2.45, 2.75) is 13.0 Å². The van der Waals surface area contributed by atoms with Crippen molar-refractivity contribution in [3.8, 4) is 0 Å². The molecule has 134 valence electrons. The van der Waals surface area contributed by atoms with Crippen LogP contribution in [0.2, 0.25) is 5.02 Å². The van der Waals surface area contributed by atoms with Gasteiger partial charge in [-0.05, 0) is 19.1 Å². The van der Waals surface area contributed by atoms with Gasteiger partial charge >= 0.3 is 0 Å². The van der Waals surface area contributed by atoms with E-state index in [1.54, 1.807) is 36.5 Å². The molecular formula is C16H13ClF5N2O+. The van der Waals surface area contributed by atoms with Crippen molar-refractivity contribution in [1.29, 1.82) is 0 Å². The van der Waals surface area contributed by atoms with Crippen LogP contribution in [0.4, 0.5) is 27.6 Å². The van der Waals surface area contributed by atoms with E-state index in [0.29, 0.717) is 5.02 Å². The molecule has 0 saturated carbocycles. The van der Waals surface area contributed by atoms with Crippen molar-refractivity contribution in [3.63, 3.8) is 0 Å². The second-order valence-corrected chi connectivity index (χ2v) is 5.71. The summed E-state index contributed by atoms with van der Waals surface area (Å²) in [5.74, 6) is -11.6. The van der Waals surface area contributed by atoms with Crippen LogP contribution in [-0.2, 0) is 4.79 Å². The van der Waals surface area contributed by atoms with Crippen LogP contribution in [-0.4, -0.2) is 12.5 Å². The molecule has 9 heteroatoms. The zero-order valence-corrected chi connectivity index (χ0v) is 13.6. The van der Waals surface area contributed by atoms with Crippen molar-refractivity contribution >= 4 is 23.2 Å². The van der Waals surface area contributed by atoms with Crippen molar-refractivity contribution < 1.29 is 32.1 Å². The summed E-state index contributed by atoms with van der Waals surface area (Å²) in [7, 11) is 0. The molecule has 3 N–H and O–H groups in total. The molecular weight excluding hydrogens is 367 g/mol. The summed E-state index contributed by atoms with van der Waals surface area (Å²) in [4.78, 5) is 11.8. The molecule has 0 radical (unpaired) electrons. The number of amides is 1. The van der Waals surface area contributed by atoms with Gasteiger partial charge < -0.3 is 10.6 Å². The predicted octanol–water partition coefficient (Wildman–Crippen LogP) is 3.30. The number of quaternary nitrogens is 1. The van der Waals surface area contributed by atoms with Crippen LogP contribution in [0.3, 0.4) is 0 Å². The lowest BCUT2D eigenvalue weighted by Gasteiger charge is -2.12. The van der Waals surface area contributed by atoms with Crippen LogP contribution in [0, 0.1) is 29.1 Å². The first kappa shape index (κ1) is 19.1. The summed E-state index contributed by atoms with van der Waals surface area (Å²) in [6.45, 7) is 1.48. The molecule has 0 aromatic heterocycles. The molecule has 3 nitrogen and oxygen atoms in total. The summed E-state index contributed by atoms with van der Waals surface area (Å²) in [6.07, 6.45) is 0. The van der Waals surface area contributed by atoms with Gasteiger partial charge in [0.05, 0.1) is 0 Å². The van der Waals surface area contributed by atoms with E-state index in [1.807, 2.05) is 0 Å². The highest BCUT2D eigenvalue weighted by Crippen LogP contribution is 2.26. The molecule has 0 bridgehead atoms. The molecule has 0 aliphatic heterocycles. The second-order valence-electron chi connectivity index (χ2n) is 5.27. The van der Waals surface area contributed by atoms with E-state index in [2.05, 4.69) is 0 Å². The van der Waals surface area contributed by atoms with Crippen LogP contribution in [0.1, 0.15) is 18.5 Å². The van der Waals surface area contributed by atoms with Gasteiger partial charge in [0.25, 0.3) is 5.91 Å². The first-order valence-corrected chi connectivity index (χ1v) is 7.50. The summed E-state index contributed by atoms with van der Waals surface area (Å²) in [5, 5.41) is 3.79. The third-order valence-corrected chi connectivity index (χ3v) is 3.78. The van der Waals surface area contributed by atoms with Crippen molar-refractivity contribution in [2.24, 2.45) is 0 Å². The van der Waals surface area contributed by atoms with Gasteiger partial charge in [0.2, 0.25) is 5.82 Å². The smallest absolute Gasteiger partial charge is 0.279 e. The van der Waals surface area contributed by atoms with Crippen LogP contribution >= 0.6 is 11.6 Å². The van der Waals surface area contributed by atoms with E-state index in [1.165, 1.54) is 5.32 Å². The number of benzene rings is 2. The third-order valence-electron chi connectivity index (χ3n) is 3.53. The normalized spacial score (nSPS) is 12.1. The van der Waals surface area contributed by atoms with Crippen molar-refractivity contribution in [3.05, 3.63) is 63.9 Å². The molecule has 0 fully saturated rings. The fourth-order valence-electron chi connectivity index (χ4n) is 2.09. The minimum Gasteiger partial charge on any atom is -0.333 e. The van der Waals surface area contributed by atoms with E-state index in [9.17, 15) is 26.7 Å². The lowest BCUT2D eigenvalue weighted by atomic mass is 10.1. The molecule has 2 rings (SSSR count). The first-order valence-electron chi connectivity index (χ1n) is 7.12. The van der Waals surface area contributed by atoms with Crippen LogP contribution < -0.4 is 10.6 Å². The minimum absolute atomic E-state index is 0.195. The van der Waals surface area contributed by atoms with Gasteiger partial charge in [0.1, 0.15) is 11.7 Å². The van der Waals surface area contributed by atoms with Gasteiger partial charge in [-0.1, -0.05) is 23.7 Å². The molecule has 0 saturated heterocycles. The van der Waals surface area contributed by atoms with E-state index in [0.717, 1.165) is 5.56 Å². The Morgan fingerprint density at radius 3 is 2.00 bits per heavy atom. The largest absolute Gasteiger partial charge is 0.333 e. The zero-order chi connectivity index (χ0) is 18.7. The fraction of sp³-hybridized carbons (Fsp3) is 0.188. The highest BCUT2D eigenvalue weighted by atomic mass is 35.5. The summed E-state index contributed by atoms with van der Waals surface area (Å²) in [6, 6.07) is 6.61. The van der Waals surface area contributed by atoms with Gasteiger partial charge in [-0.25, -0.2) is 22.0 Å². The van der Waals surface area contributed by atoms with E-state index in [4.69, 9.17) is 11.6 Å². The number of hydrogen-bond acceptors (Lipinski definition) is 1. The molecule has 0 aliphatic carbocycles. The first-order chi connectivity index (χ1) is 11.7. The number of nitrogens with two attached hydrogens (primary N) is 1. The fourth-order valence-corrected chi connectivity index (χ4v) is 2.22. The van der Waals surface area contributed by atoms with Crippen molar-refractivity contribution in [2.75, 3.05) is 11.9 Å². The molecule has 1 atom stereocenters. The Kier molecular flexibility index (Phi) is 5.97. The Morgan fingerprint density at radius 2 is 1.48 bits per heavy atom. The number of carbonyl (C=O) groups is 1. The molecule has 0 spiro atoms. The number of nitrogens with one attached hydrogen (secondary N) is 1. The van der Waals surface area contributed by atoms with Crippen LogP contribution in [0.15, 0.2) is 24.3 Å². The van der Waals surface area contributed by atoms with E-state index in [-0.39, 0.29) is 12.6 Å². The molecule has 0 aliphatic rings. The van der Waals surface area contributed by atoms with E-state index < -0.39 is 40.7 Å². The van der Waals surface area contributed by atoms with E-state index >= 15 is 0 Å². The quantitative estimate of drug-likeness (QED) is 0.467. The molecule has 0 unspecified atom stereocenters. The number of halogens is 6. The van der Waals surface area contributed by atoms with Crippen LogP contribution in [0.5, 0.6) is 0 Å². The molecule has 0 heterocycles. The number of rotatable bonds is 5. The maximum Gasteiger partial charge on any atom is 0.279 e. The summed E-state index contributed by atoms with van der Waals surface area (Å²) >= 11 is 5.77. The topological polar surface area (TPSA) is 45.7 Å². The SMILES string of the molecule is C[C@H]([NH2+]CC(=O)Nc1c(F)c(F)c(F)c(F)c1F)c1ccc(Cl)cc1. The highest BCUT2D eigenvalue weighted by Gasteiger charge is 2.27. The van der Waals surface area contributed by atoms with Gasteiger partial charge in [-0.2, -0.15) is 0 Å². The van der Waals surface area contributed by atoms with Gasteiger partial charge in [-0.15, -0.1) is 0 Å². The number of carbonyl (C=O) groups excluding carboxylic acids is 1. The number of hydrogen-bond donors (Lipinski definition) is 2. The average Bonchev–Trinajstić information content (AvgIpc) is 2.60. The third kappa shape index (κ3) is 4.26. The number of anilines is 1. The Morgan fingerprint density at radius 1 is 1.00 bits per heavy atom. The lowest BCUT2D eigenvalue weighted by molar-refractivity contribution is -0.682. The Balaban J connectivity index is 2.05. The predicted molar refractivity (Wildman–Crippen MR) is 81.5 cm³/mol. The summed E-state index contributed by atoms with van der Waals surface area (Å²) in [5.41, 5.74) is -0.526. The maximum atomic E-state index is 13.5. The Hall–Kier alpha value is -2.19. The Bertz CT molecular complexity index is 769. The van der Waals surface area contributed by atoms with Gasteiger partial charge in [0, 0.05) is 10.6 Å².